The zero-order valence-corrected chi connectivity index (χ0v) is 15.0. The number of anilines is 1. The second kappa shape index (κ2) is 7.96. The van der Waals surface area contributed by atoms with Crippen molar-refractivity contribution in [2.24, 2.45) is 0 Å². The Balaban J connectivity index is 1.46. The maximum absolute atomic E-state index is 4.70. The molecule has 1 aliphatic carbocycles. The molecule has 4 heteroatoms. The van der Waals surface area contributed by atoms with E-state index in [-0.39, 0.29) is 0 Å². The molecule has 0 saturated carbocycles. The monoisotopic (exact) mass is 336 g/mol. The minimum Gasteiger partial charge on any atom is -0.355 e. The first-order valence-corrected chi connectivity index (χ1v) is 9.74. The molecule has 0 unspecified atom stereocenters. The molecular formula is C21H28N4. The molecule has 0 radical (unpaired) electrons. The molecule has 0 bridgehead atoms. The van der Waals surface area contributed by atoms with E-state index >= 15 is 0 Å². The number of benzene rings is 1. The highest BCUT2D eigenvalue weighted by molar-refractivity contribution is 5.49. The maximum Gasteiger partial charge on any atom is 0.135 e. The highest BCUT2D eigenvalue weighted by Gasteiger charge is 2.21. The van der Waals surface area contributed by atoms with Crippen molar-refractivity contribution < 1.29 is 0 Å². The highest BCUT2D eigenvalue weighted by atomic mass is 15.2. The molecule has 1 aromatic heterocycles. The van der Waals surface area contributed by atoms with Gasteiger partial charge in [0.25, 0.3) is 0 Å². The Labute approximate surface area is 150 Å². The van der Waals surface area contributed by atoms with Gasteiger partial charge in [0, 0.05) is 44.0 Å². The fourth-order valence-electron chi connectivity index (χ4n) is 4.14. The van der Waals surface area contributed by atoms with Gasteiger partial charge in [-0.25, -0.2) is 9.97 Å². The van der Waals surface area contributed by atoms with E-state index in [1.54, 1.807) is 6.33 Å². The molecule has 0 N–H and O–H groups in total. The summed E-state index contributed by atoms with van der Waals surface area (Å²) in [6.45, 7) is 5.49. The lowest BCUT2D eigenvalue weighted by Crippen LogP contribution is -2.31. The van der Waals surface area contributed by atoms with Crippen LogP contribution in [-0.4, -0.2) is 41.0 Å². The lowest BCUT2D eigenvalue weighted by molar-refractivity contribution is 0.285. The Bertz CT molecular complexity index is 686. The van der Waals surface area contributed by atoms with Crippen LogP contribution in [0.2, 0.25) is 0 Å². The van der Waals surface area contributed by atoms with Crippen molar-refractivity contribution in [3.8, 4) is 0 Å². The number of nitrogens with zero attached hydrogens (tertiary/aromatic N) is 4. The fraction of sp³-hybridized carbons (Fsp3) is 0.524. The number of hydrogen-bond acceptors (Lipinski definition) is 4. The lowest BCUT2D eigenvalue weighted by Gasteiger charge is -2.25. The Kier molecular flexibility index (Phi) is 5.26. The average molecular weight is 336 g/mol. The van der Waals surface area contributed by atoms with Crippen molar-refractivity contribution in [1.29, 1.82) is 0 Å². The molecule has 2 heterocycles. The Morgan fingerprint density at radius 1 is 0.800 bits per heavy atom. The van der Waals surface area contributed by atoms with E-state index in [9.17, 15) is 0 Å². The van der Waals surface area contributed by atoms with Crippen LogP contribution >= 0.6 is 0 Å². The molecule has 1 fully saturated rings. The van der Waals surface area contributed by atoms with Crippen molar-refractivity contribution in [2.45, 2.75) is 45.1 Å². The van der Waals surface area contributed by atoms with Crippen LogP contribution in [0.1, 0.15) is 42.5 Å². The first-order chi connectivity index (χ1) is 12.4. The largest absolute Gasteiger partial charge is 0.355 e. The normalized spacial score (nSPS) is 19.1. The Morgan fingerprint density at radius 2 is 1.68 bits per heavy atom. The minimum atomic E-state index is 1.05. The zero-order valence-electron chi connectivity index (χ0n) is 15.0. The SMILES string of the molecule is c1ccc(CN2CCCN(c3ncnc4c3CCCCC4)CC2)cc1. The van der Waals surface area contributed by atoms with Crippen LogP contribution in [0.4, 0.5) is 5.82 Å². The number of aryl methyl sites for hydroxylation is 1. The molecule has 2 aliphatic rings. The molecule has 0 amide bonds. The molecule has 1 aliphatic heterocycles. The van der Waals surface area contributed by atoms with Gasteiger partial charge in [0.15, 0.2) is 0 Å². The third-order valence-corrected chi connectivity index (χ3v) is 5.49. The summed E-state index contributed by atoms with van der Waals surface area (Å²) in [7, 11) is 0. The zero-order chi connectivity index (χ0) is 16.9. The molecular weight excluding hydrogens is 308 g/mol. The number of hydrogen-bond donors (Lipinski definition) is 0. The van der Waals surface area contributed by atoms with E-state index in [4.69, 9.17) is 4.98 Å². The summed E-state index contributed by atoms with van der Waals surface area (Å²) in [5, 5.41) is 0. The molecule has 0 atom stereocenters. The third kappa shape index (κ3) is 4.01. The topological polar surface area (TPSA) is 32.3 Å². The summed E-state index contributed by atoms with van der Waals surface area (Å²) in [6, 6.07) is 10.8. The van der Waals surface area contributed by atoms with E-state index in [1.807, 2.05) is 0 Å². The summed E-state index contributed by atoms with van der Waals surface area (Å²) >= 11 is 0. The first-order valence-electron chi connectivity index (χ1n) is 9.74. The average Bonchev–Trinajstić information content (AvgIpc) is 3.03. The van der Waals surface area contributed by atoms with Crippen molar-refractivity contribution >= 4 is 5.82 Å². The van der Waals surface area contributed by atoms with Crippen molar-refractivity contribution in [3.05, 3.63) is 53.5 Å². The smallest absolute Gasteiger partial charge is 0.135 e. The lowest BCUT2D eigenvalue weighted by atomic mass is 10.1. The summed E-state index contributed by atoms with van der Waals surface area (Å²) in [5.41, 5.74) is 4.14. The van der Waals surface area contributed by atoms with Gasteiger partial charge in [0.1, 0.15) is 12.1 Å². The van der Waals surface area contributed by atoms with Crippen LogP contribution in [0.25, 0.3) is 0 Å². The van der Waals surface area contributed by atoms with E-state index in [0.717, 1.165) is 39.0 Å². The van der Waals surface area contributed by atoms with Crippen molar-refractivity contribution in [3.63, 3.8) is 0 Å². The van der Waals surface area contributed by atoms with Crippen LogP contribution in [0.3, 0.4) is 0 Å². The van der Waals surface area contributed by atoms with Gasteiger partial charge < -0.3 is 4.90 Å². The standard InChI is InChI=1S/C21H28N4/c1-3-8-18(9-4-1)16-24-12-7-13-25(15-14-24)21-19-10-5-2-6-11-20(19)22-17-23-21/h1,3-4,8-9,17H,2,5-7,10-16H2. The number of fused-ring (bicyclic) bond motifs is 1. The highest BCUT2D eigenvalue weighted by Crippen LogP contribution is 2.27. The Hall–Kier alpha value is -1.94. The van der Waals surface area contributed by atoms with E-state index in [2.05, 4.69) is 45.1 Å². The summed E-state index contributed by atoms with van der Waals surface area (Å²) in [6.07, 6.45) is 9.13. The quantitative estimate of drug-likeness (QED) is 0.804. The van der Waals surface area contributed by atoms with Crippen molar-refractivity contribution in [2.75, 3.05) is 31.1 Å². The molecule has 132 valence electrons. The predicted octanol–water partition coefficient (Wildman–Crippen LogP) is 3.46. The minimum absolute atomic E-state index is 1.05. The van der Waals surface area contributed by atoms with Gasteiger partial charge in [-0.3, -0.25) is 4.90 Å². The molecule has 4 rings (SSSR count). The summed E-state index contributed by atoms with van der Waals surface area (Å²) in [5.74, 6) is 1.22. The van der Waals surface area contributed by atoms with Crippen LogP contribution in [0.5, 0.6) is 0 Å². The molecule has 1 saturated heterocycles. The van der Waals surface area contributed by atoms with E-state index < -0.39 is 0 Å². The van der Waals surface area contributed by atoms with Crippen LogP contribution in [0.15, 0.2) is 36.7 Å². The van der Waals surface area contributed by atoms with Gasteiger partial charge in [-0.15, -0.1) is 0 Å². The predicted molar refractivity (Wildman–Crippen MR) is 102 cm³/mol. The molecule has 4 nitrogen and oxygen atoms in total. The maximum atomic E-state index is 4.70. The molecule has 1 aromatic carbocycles. The van der Waals surface area contributed by atoms with Gasteiger partial charge in [0.2, 0.25) is 0 Å². The van der Waals surface area contributed by atoms with E-state index in [1.165, 1.54) is 54.9 Å². The van der Waals surface area contributed by atoms with Crippen LogP contribution in [0, 0.1) is 0 Å². The first kappa shape index (κ1) is 16.5. The van der Waals surface area contributed by atoms with E-state index in [0.29, 0.717) is 0 Å². The molecule has 0 spiro atoms. The van der Waals surface area contributed by atoms with Gasteiger partial charge in [-0.2, -0.15) is 0 Å². The summed E-state index contributed by atoms with van der Waals surface area (Å²) in [4.78, 5) is 14.4. The Morgan fingerprint density at radius 3 is 2.60 bits per heavy atom. The van der Waals surface area contributed by atoms with Gasteiger partial charge in [-0.05, 0) is 37.7 Å². The third-order valence-electron chi connectivity index (χ3n) is 5.49. The number of rotatable bonds is 3. The van der Waals surface area contributed by atoms with Crippen LogP contribution in [-0.2, 0) is 19.4 Å². The van der Waals surface area contributed by atoms with Crippen LogP contribution < -0.4 is 4.90 Å². The van der Waals surface area contributed by atoms with Gasteiger partial charge in [0.05, 0.1) is 0 Å². The fourth-order valence-corrected chi connectivity index (χ4v) is 4.14. The summed E-state index contributed by atoms with van der Waals surface area (Å²) < 4.78 is 0. The van der Waals surface area contributed by atoms with Gasteiger partial charge in [-0.1, -0.05) is 36.8 Å². The molecule has 25 heavy (non-hydrogen) atoms. The molecule has 2 aromatic rings. The second-order valence-electron chi connectivity index (χ2n) is 7.29. The second-order valence-corrected chi connectivity index (χ2v) is 7.29. The number of aromatic nitrogens is 2. The van der Waals surface area contributed by atoms with Gasteiger partial charge >= 0.3 is 0 Å². The van der Waals surface area contributed by atoms with Crippen molar-refractivity contribution in [1.82, 2.24) is 14.9 Å².